The molecular formula is C18H15N3O4. The summed E-state index contributed by atoms with van der Waals surface area (Å²) in [6.45, 7) is -0.105. The lowest BCUT2D eigenvalue weighted by molar-refractivity contribution is 0.0461. The van der Waals surface area contributed by atoms with Crippen LogP contribution in [0.2, 0.25) is 0 Å². The Bertz CT molecular complexity index is 939. The average Bonchev–Trinajstić information content (AvgIpc) is 2.65. The maximum atomic E-state index is 12.1. The summed E-state index contributed by atoms with van der Waals surface area (Å²) >= 11 is 0. The molecule has 0 atom stereocenters. The SMILES string of the molecule is COC(=O)c1ccc(C(=O)OCc2nc(N)c3ccccc3n2)cc1. The fourth-order valence-corrected chi connectivity index (χ4v) is 2.29. The van der Waals surface area contributed by atoms with Crippen molar-refractivity contribution in [3.8, 4) is 0 Å². The van der Waals surface area contributed by atoms with E-state index in [0.29, 0.717) is 28.3 Å². The monoisotopic (exact) mass is 337 g/mol. The van der Waals surface area contributed by atoms with Gasteiger partial charge in [-0.2, -0.15) is 0 Å². The van der Waals surface area contributed by atoms with Gasteiger partial charge in [0, 0.05) is 5.39 Å². The lowest BCUT2D eigenvalue weighted by Crippen LogP contribution is -2.09. The molecule has 7 heteroatoms. The Morgan fingerprint density at radius 1 is 0.960 bits per heavy atom. The second-order valence-electron chi connectivity index (χ2n) is 5.19. The Hall–Kier alpha value is -3.48. The van der Waals surface area contributed by atoms with E-state index in [1.54, 1.807) is 0 Å². The molecule has 25 heavy (non-hydrogen) atoms. The average molecular weight is 337 g/mol. The van der Waals surface area contributed by atoms with E-state index in [1.807, 2.05) is 24.3 Å². The first kappa shape index (κ1) is 16.4. The number of fused-ring (bicyclic) bond motifs is 1. The number of benzene rings is 2. The molecule has 0 spiro atoms. The molecule has 1 aromatic heterocycles. The van der Waals surface area contributed by atoms with Crippen LogP contribution >= 0.6 is 0 Å². The van der Waals surface area contributed by atoms with Crippen LogP contribution in [0.5, 0.6) is 0 Å². The van der Waals surface area contributed by atoms with Gasteiger partial charge in [-0.15, -0.1) is 0 Å². The minimum absolute atomic E-state index is 0.105. The van der Waals surface area contributed by atoms with Crippen molar-refractivity contribution in [2.75, 3.05) is 12.8 Å². The Morgan fingerprint density at radius 2 is 1.60 bits per heavy atom. The normalized spacial score (nSPS) is 10.4. The molecule has 2 aromatic carbocycles. The molecule has 2 N–H and O–H groups in total. The molecule has 126 valence electrons. The topological polar surface area (TPSA) is 104 Å². The molecule has 0 saturated carbocycles. The summed E-state index contributed by atoms with van der Waals surface area (Å²) in [6, 6.07) is 13.3. The number of methoxy groups -OCH3 is 1. The number of carbonyl (C=O) groups is 2. The van der Waals surface area contributed by atoms with Crippen LogP contribution in [0.4, 0.5) is 5.82 Å². The van der Waals surface area contributed by atoms with Gasteiger partial charge in [-0.3, -0.25) is 0 Å². The molecule has 0 aliphatic rings. The van der Waals surface area contributed by atoms with E-state index in [9.17, 15) is 9.59 Å². The van der Waals surface area contributed by atoms with Crippen LogP contribution in [0.25, 0.3) is 10.9 Å². The Morgan fingerprint density at radius 3 is 2.28 bits per heavy atom. The summed E-state index contributed by atoms with van der Waals surface area (Å²) in [5.41, 5.74) is 7.24. The molecule has 0 unspecified atom stereocenters. The van der Waals surface area contributed by atoms with Gasteiger partial charge in [-0.1, -0.05) is 12.1 Å². The van der Waals surface area contributed by atoms with Crippen LogP contribution < -0.4 is 5.73 Å². The molecule has 7 nitrogen and oxygen atoms in total. The number of nitrogen functional groups attached to an aromatic ring is 1. The van der Waals surface area contributed by atoms with Gasteiger partial charge >= 0.3 is 11.9 Å². The first-order valence-corrected chi connectivity index (χ1v) is 7.45. The number of anilines is 1. The van der Waals surface area contributed by atoms with Crippen molar-refractivity contribution in [1.29, 1.82) is 0 Å². The van der Waals surface area contributed by atoms with E-state index < -0.39 is 11.9 Å². The highest BCUT2D eigenvalue weighted by Gasteiger charge is 2.12. The molecule has 0 aliphatic carbocycles. The number of hydrogen-bond acceptors (Lipinski definition) is 7. The van der Waals surface area contributed by atoms with Crippen LogP contribution in [0.3, 0.4) is 0 Å². The van der Waals surface area contributed by atoms with Crippen LogP contribution in [-0.2, 0) is 16.1 Å². The number of ether oxygens (including phenoxy) is 2. The smallest absolute Gasteiger partial charge is 0.338 e. The molecular weight excluding hydrogens is 322 g/mol. The number of carbonyl (C=O) groups excluding carboxylic acids is 2. The summed E-state index contributed by atoms with van der Waals surface area (Å²) in [5.74, 6) is -0.374. The van der Waals surface area contributed by atoms with Gasteiger partial charge in [0.15, 0.2) is 12.4 Å². The molecule has 0 saturated heterocycles. The Kier molecular flexibility index (Phi) is 4.56. The first-order valence-electron chi connectivity index (χ1n) is 7.45. The zero-order valence-electron chi connectivity index (χ0n) is 13.4. The molecule has 0 amide bonds. The van der Waals surface area contributed by atoms with Gasteiger partial charge in [-0.25, -0.2) is 19.6 Å². The van der Waals surface area contributed by atoms with Crippen molar-refractivity contribution >= 4 is 28.7 Å². The van der Waals surface area contributed by atoms with E-state index in [4.69, 9.17) is 10.5 Å². The Balaban J connectivity index is 1.71. The maximum absolute atomic E-state index is 12.1. The third-order valence-electron chi connectivity index (χ3n) is 3.55. The van der Waals surface area contributed by atoms with Crippen molar-refractivity contribution in [2.24, 2.45) is 0 Å². The number of aromatic nitrogens is 2. The van der Waals surface area contributed by atoms with Gasteiger partial charge in [0.2, 0.25) is 0 Å². The predicted molar refractivity (Wildman–Crippen MR) is 90.9 cm³/mol. The number of para-hydroxylation sites is 1. The summed E-state index contributed by atoms with van der Waals surface area (Å²) in [5, 5.41) is 0.746. The second kappa shape index (κ2) is 6.96. The second-order valence-corrected chi connectivity index (χ2v) is 5.19. The largest absolute Gasteiger partial charge is 0.465 e. The van der Waals surface area contributed by atoms with E-state index in [-0.39, 0.29) is 6.61 Å². The Labute approximate surface area is 143 Å². The molecule has 0 fully saturated rings. The summed E-state index contributed by atoms with van der Waals surface area (Å²) in [6.07, 6.45) is 0. The van der Waals surface area contributed by atoms with Crippen LogP contribution in [0.1, 0.15) is 26.5 Å². The van der Waals surface area contributed by atoms with Crippen molar-refractivity contribution in [3.05, 3.63) is 65.5 Å². The van der Waals surface area contributed by atoms with E-state index in [0.717, 1.165) is 5.39 Å². The van der Waals surface area contributed by atoms with E-state index in [2.05, 4.69) is 14.7 Å². The first-order chi connectivity index (χ1) is 12.1. The fourth-order valence-electron chi connectivity index (χ4n) is 2.29. The third-order valence-corrected chi connectivity index (χ3v) is 3.55. The highest BCUT2D eigenvalue weighted by atomic mass is 16.5. The minimum atomic E-state index is -0.549. The standard InChI is InChI=1S/C18H15N3O4/c1-24-17(22)11-6-8-12(9-7-11)18(23)25-10-15-20-14-5-3-2-4-13(14)16(19)21-15/h2-9H,10H2,1H3,(H2,19,20,21). The van der Waals surface area contributed by atoms with E-state index >= 15 is 0 Å². The van der Waals surface area contributed by atoms with Gasteiger partial charge in [0.05, 0.1) is 23.8 Å². The number of hydrogen-bond donors (Lipinski definition) is 1. The lowest BCUT2D eigenvalue weighted by Gasteiger charge is -2.07. The fraction of sp³-hybridized carbons (Fsp3) is 0.111. The van der Waals surface area contributed by atoms with Gasteiger partial charge in [0.1, 0.15) is 5.82 Å². The highest BCUT2D eigenvalue weighted by Crippen LogP contribution is 2.17. The van der Waals surface area contributed by atoms with Crippen LogP contribution in [-0.4, -0.2) is 29.0 Å². The maximum Gasteiger partial charge on any atom is 0.338 e. The molecule has 3 rings (SSSR count). The zero-order chi connectivity index (χ0) is 17.8. The molecule has 3 aromatic rings. The van der Waals surface area contributed by atoms with Gasteiger partial charge < -0.3 is 15.2 Å². The van der Waals surface area contributed by atoms with Crippen molar-refractivity contribution in [1.82, 2.24) is 9.97 Å². The third kappa shape index (κ3) is 3.55. The van der Waals surface area contributed by atoms with Crippen molar-refractivity contribution < 1.29 is 19.1 Å². The van der Waals surface area contributed by atoms with Crippen molar-refractivity contribution in [3.63, 3.8) is 0 Å². The number of esters is 2. The van der Waals surface area contributed by atoms with Crippen molar-refractivity contribution in [2.45, 2.75) is 6.61 Å². The number of nitrogens with two attached hydrogens (primary N) is 1. The molecule has 0 radical (unpaired) electrons. The molecule has 0 bridgehead atoms. The highest BCUT2D eigenvalue weighted by molar-refractivity contribution is 5.93. The predicted octanol–water partition coefficient (Wildman–Crippen LogP) is 2.36. The quantitative estimate of drug-likeness (QED) is 0.729. The summed E-state index contributed by atoms with van der Waals surface area (Å²) in [4.78, 5) is 31.9. The van der Waals surface area contributed by atoms with Gasteiger partial charge in [-0.05, 0) is 36.4 Å². The summed E-state index contributed by atoms with van der Waals surface area (Å²) in [7, 11) is 1.29. The van der Waals surface area contributed by atoms with E-state index in [1.165, 1.54) is 31.4 Å². The molecule has 1 heterocycles. The van der Waals surface area contributed by atoms with Crippen LogP contribution in [0.15, 0.2) is 48.5 Å². The summed E-state index contributed by atoms with van der Waals surface area (Å²) < 4.78 is 9.81. The lowest BCUT2D eigenvalue weighted by atomic mass is 10.1. The van der Waals surface area contributed by atoms with Gasteiger partial charge in [0.25, 0.3) is 0 Å². The number of rotatable bonds is 4. The zero-order valence-corrected chi connectivity index (χ0v) is 13.4. The minimum Gasteiger partial charge on any atom is -0.465 e. The van der Waals surface area contributed by atoms with Crippen LogP contribution in [0, 0.1) is 0 Å². The molecule has 0 aliphatic heterocycles. The number of nitrogens with zero attached hydrogens (tertiary/aromatic N) is 2.